The third-order valence-electron chi connectivity index (χ3n) is 2.68. The summed E-state index contributed by atoms with van der Waals surface area (Å²) in [6, 6.07) is 0.0856. The van der Waals surface area contributed by atoms with Crippen molar-refractivity contribution in [2.75, 3.05) is 5.73 Å². The van der Waals surface area contributed by atoms with Crippen LogP contribution in [0.5, 0.6) is 0 Å². The average Bonchev–Trinajstić information content (AvgIpc) is 2.70. The van der Waals surface area contributed by atoms with Crippen LogP contribution in [0.4, 0.5) is 5.82 Å². The number of hydrogen-bond donors (Lipinski definition) is 4. The second-order valence-electron chi connectivity index (χ2n) is 3.88. The molecule has 0 aliphatic carbocycles. The highest BCUT2D eigenvalue weighted by Gasteiger charge is 2.13. The summed E-state index contributed by atoms with van der Waals surface area (Å²) in [6.07, 6.45) is 9.21. The van der Waals surface area contributed by atoms with Gasteiger partial charge in [0, 0.05) is 5.56 Å². The number of anilines is 1. The number of nitrogens with two attached hydrogens (primary N) is 2. The van der Waals surface area contributed by atoms with Crippen molar-refractivity contribution in [2.45, 2.75) is 38.1 Å². The highest BCUT2D eigenvalue weighted by atomic mass is 15.2. The van der Waals surface area contributed by atoms with E-state index in [1.807, 2.05) is 6.08 Å². The van der Waals surface area contributed by atoms with E-state index in [1.54, 1.807) is 6.20 Å². The monoisotopic (exact) mass is 223 g/mol. The van der Waals surface area contributed by atoms with Crippen molar-refractivity contribution in [3.8, 4) is 0 Å². The van der Waals surface area contributed by atoms with Crippen LogP contribution in [0.1, 0.15) is 43.7 Å². The maximum atomic E-state index is 5.74. The Morgan fingerprint density at radius 1 is 1.50 bits per heavy atom. The van der Waals surface area contributed by atoms with E-state index in [4.69, 9.17) is 11.6 Å². The van der Waals surface area contributed by atoms with Crippen molar-refractivity contribution in [1.82, 2.24) is 15.6 Å². The summed E-state index contributed by atoms with van der Waals surface area (Å²) in [5.74, 6) is 6.10. The lowest BCUT2D eigenvalue weighted by Crippen LogP contribution is -2.28. The highest BCUT2D eigenvalue weighted by Crippen LogP contribution is 2.22. The first-order valence-electron chi connectivity index (χ1n) is 5.65. The molecule has 1 heterocycles. The maximum Gasteiger partial charge on any atom is 0.123 e. The first-order chi connectivity index (χ1) is 7.79. The molecular weight excluding hydrogens is 202 g/mol. The van der Waals surface area contributed by atoms with Gasteiger partial charge in [-0.15, -0.1) is 6.58 Å². The molecule has 0 saturated carbocycles. The van der Waals surface area contributed by atoms with E-state index >= 15 is 0 Å². The average molecular weight is 223 g/mol. The van der Waals surface area contributed by atoms with E-state index in [1.165, 1.54) is 12.8 Å². The molecule has 0 saturated heterocycles. The molecule has 1 aromatic rings. The smallest absolute Gasteiger partial charge is 0.123 e. The highest BCUT2D eigenvalue weighted by molar-refractivity contribution is 5.39. The fourth-order valence-corrected chi connectivity index (χ4v) is 1.73. The molecule has 0 aliphatic heterocycles. The Bertz CT molecular complexity index is 307. The predicted molar refractivity (Wildman–Crippen MR) is 66.3 cm³/mol. The van der Waals surface area contributed by atoms with Gasteiger partial charge in [0.25, 0.3) is 0 Å². The zero-order valence-corrected chi connectivity index (χ0v) is 9.58. The fourth-order valence-electron chi connectivity index (χ4n) is 1.73. The van der Waals surface area contributed by atoms with Crippen molar-refractivity contribution in [2.24, 2.45) is 5.84 Å². The van der Waals surface area contributed by atoms with Gasteiger partial charge in [-0.05, 0) is 19.3 Å². The number of nitrogens with zero attached hydrogens (tertiary/aromatic N) is 1. The molecule has 0 bridgehead atoms. The van der Waals surface area contributed by atoms with E-state index < -0.39 is 0 Å². The van der Waals surface area contributed by atoms with E-state index in [0.29, 0.717) is 5.82 Å². The van der Waals surface area contributed by atoms with Gasteiger partial charge in [0.1, 0.15) is 5.82 Å². The first-order valence-corrected chi connectivity index (χ1v) is 5.65. The molecule has 1 aromatic heterocycles. The molecule has 90 valence electrons. The van der Waals surface area contributed by atoms with Crippen LogP contribution >= 0.6 is 0 Å². The summed E-state index contributed by atoms with van der Waals surface area (Å²) in [4.78, 5) is 0. The van der Waals surface area contributed by atoms with Gasteiger partial charge in [0.15, 0.2) is 0 Å². The number of rotatable bonds is 8. The Kier molecular flexibility index (Phi) is 5.60. The number of nitrogens with one attached hydrogen (secondary N) is 2. The molecule has 0 aliphatic rings. The van der Waals surface area contributed by atoms with Crippen LogP contribution in [0, 0.1) is 0 Å². The standard InChI is InChI=1S/C11H21N5/c1-2-3-4-5-6-7-10(15-13)9-8-14-16-11(9)12/h2,8,10,15H,1,3-7,13H2,(H3,12,14,16). The van der Waals surface area contributed by atoms with Crippen LogP contribution in [0.2, 0.25) is 0 Å². The molecule has 0 fully saturated rings. The topological polar surface area (TPSA) is 92.7 Å². The summed E-state index contributed by atoms with van der Waals surface area (Å²) < 4.78 is 0. The second kappa shape index (κ2) is 7.03. The molecule has 0 amide bonds. The van der Waals surface area contributed by atoms with Crippen LogP contribution < -0.4 is 17.0 Å². The van der Waals surface area contributed by atoms with Crippen molar-refractivity contribution >= 4 is 5.82 Å². The Morgan fingerprint density at radius 2 is 2.31 bits per heavy atom. The normalized spacial score (nSPS) is 12.6. The molecule has 0 aromatic carbocycles. The van der Waals surface area contributed by atoms with E-state index in [9.17, 15) is 0 Å². The largest absolute Gasteiger partial charge is 0.384 e. The number of H-pyrrole nitrogens is 1. The van der Waals surface area contributed by atoms with Gasteiger partial charge in [-0.1, -0.05) is 18.9 Å². The quantitative estimate of drug-likeness (QED) is 0.233. The van der Waals surface area contributed by atoms with Crippen LogP contribution in [-0.4, -0.2) is 10.2 Å². The molecule has 5 heteroatoms. The van der Waals surface area contributed by atoms with E-state index in [2.05, 4.69) is 22.2 Å². The molecule has 16 heavy (non-hydrogen) atoms. The van der Waals surface area contributed by atoms with Gasteiger partial charge in [-0.25, -0.2) is 0 Å². The van der Waals surface area contributed by atoms with Crippen molar-refractivity contribution in [3.63, 3.8) is 0 Å². The molecule has 5 nitrogen and oxygen atoms in total. The Hall–Kier alpha value is -1.33. The number of hydrazine groups is 1. The lowest BCUT2D eigenvalue weighted by atomic mass is 10.0. The number of aromatic nitrogens is 2. The first kappa shape index (κ1) is 12.7. The Balaban J connectivity index is 2.33. The third-order valence-corrected chi connectivity index (χ3v) is 2.68. The molecule has 0 spiro atoms. The predicted octanol–water partition coefficient (Wildman–Crippen LogP) is 1.63. The van der Waals surface area contributed by atoms with Crippen molar-refractivity contribution in [3.05, 3.63) is 24.4 Å². The zero-order valence-electron chi connectivity index (χ0n) is 9.58. The molecule has 1 unspecified atom stereocenters. The van der Waals surface area contributed by atoms with Crippen molar-refractivity contribution in [1.29, 1.82) is 0 Å². The Morgan fingerprint density at radius 3 is 2.88 bits per heavy atom. The number of nitrogen functional groups attached to an aromatic ring is 1. The molecule has 6 N–H and O–H groups in total. The number of aromatic amines is 1. The number of hydrogen-bond acceptors (Lipinski definition) is 4. The van der Waals surface area contributed by atoms with Crippen LogP contribution in [-0.2, 0) is 0 Å². The van der Waals surface area contributed by atoms with Gasteiger partial charge in [-0.3, -0.25) is 16.4 Å². The lowest BCUT2D eigenvalue weighted by Gasteiger charge is -2.14. The zero-order chi connectivity index (χ0) is 11.8. The Labute approximate surface area is 96.3 Å². The van der Waals surface area contributed by atoms with Gasteiger partial charge in [0.05, 0.1) is 12.2 Å². The molecule has 1 rings (SSSR count). The summed E-state index contributed by atoms with van der Waals surface area (Å²) in [6.45, 7) is 3.70. The van der Waals surface area contributed by atoms with Gasteiger partial charge in [0.2, 0.25) is 0 Å². The fraction of sp³-hybridized carbons (Fsp3) is 0.545. The maximum absolute atomic E-state index is 5.74. The minimum absolute atomic E-state index is 0.0856. The third kappa shape index (κ3) is 3.67. The van der Waals surface area contributed by atoms with Gasteiger partial charge >= 0.3 is 0 Å². The number of allylic oxidation sites excluding steroid dienone is 1. The van der Waals surface area contributed by atoms with Gasteiger partial charge < -0.3 is 5.73 Å². The van der Waals surface area contributed by atoms with E-state index in [-0.39, 0.29) is 6.04 Å². The molecule has 1 atom stereocenters. The second-order valence-corrected chi connectivity index (χ2v) is 3.88. The SMILES string of the molecule is C=CCCCCCC(NN)c1cn[nH]c1N. The molecular formula is C11H21N5. The minimum Gasteiger partial charge on any atom is -0.384 e. The van der Waals surface area contributed by atoms with Crippen molar-refractivity contribution < 1.29 is 0 Å². The lowest BCUT2D eigenvalue weighted by molar-refractivity contribution is 0.485. The van der Waals surface area contributed by atoms with Crippen LogP contribution in [0.3, 0.4) is 0 Å². The van der Waals surface area contributed by atoms with Crippen LogP contribution in [0.15, 0.2) is 18.9 Å². The van der Waals surface area contributed by atoms with E-state index in [0.717, 1.165) is 24.8 Å². The summed E-state index contributed by atoms with van der Waals surface area (Å²) in [5, 5.41) is 6.60. The number of unbranched alkanes of at least 4 members (excludes halogenated alkanes) is 3. The summed E-state index contributed by atoms with van der Waals surface area (Å²) in [7, 11) is 0. The summed E-state index contributed by atoms with van der Waals surface area (Å²) >= 11 is 0. The molecule has 0 radical (unpaired) electrons. The summed E-state index contributed by atoms with van der Waals surface area (Å²) in [5.41, 5.74) is 9.47. The minimum atomic E-state index is 0.0856. The van der Waals surface area contributed by atoms with Crippen LogP contribution in [0.25, 0.3) is 0 Å². The van der Waals surface area contributed by atoms with Gasteiger partial charge in [-0.2, -0.15) is 5.10 Å².